The molecule has 4 rings (SSSR count). The van der Waals surface area contributed by atoms with E-state index < -0.39 is 5.97 Å². The van der Waals surface area contributed by atoms with E-state index in [2.05, 4.69) is 22.3 Å². The van der Waals surface area contributed by atoms with Gasteiger partial charge in [-0.05, 0) is 24.1 Å². The van der Waals surface area contributed by atoms with Gasteiger partial charge in [0.1, 0.15) is 5.69 Å². The Morgan fingerprint density at radius 2 is 1.81 bits per heavy atom. The van der Waals surface area contributed by atoms with Crippen molar-refractivity contribution in [3.63, 3.8) is 0 Å². The first-order chi connectivity index (χ1) is 12.6. The fourth-order valence-corrected chi connectivity index (χ4v) is 3.53. The third kappa shape index (κ3) is 3.04. The van der Waals surface area contributed by atoms with Crippen LogP contribution in [0.4, 0.5) is 5.82 Å². The topological polar surface area (TPSA) is 71.2 Å². The fraction of sp³-hybridized carbons (Fsp3) is 0.211. The molecule has 1 aliphatic heterocycles. The summed E-state index contributed by atoms with van der Waals surface area (Å²) in [5.74, 6) is -0.361. The first kappa shape index (κ1) is 16.6. The molecular formula is C19H17ClN4O2. The van der Waals surface area contributed by atoms with Crippen LogP contribution >= 0.6 is 11.6 Å². The molecule has 3 aromatic rings. The van der Waals surface area contributed by atoms with E-state index in [1.54, 1.807) is 18.2 Å². The predicted molar refractivity (Wildman–Crippen MR) is 99.3 cm³/mol. The van der Waals surface area contributed by atoms with Crippen LogP contribution in [0.15, 0.2) is 54.6 Å². The number of anilines is 1. The fourth-order valence-electron chi connectivity index (χ4n) is 3.32. The van der Waals surface area contributed by atoms with Crippen molar-refractivity contribution in [2.24, 2.45) is 0 Å². The summed E-state index contributed by atoms with van der Waals surface area (Å²) >= 11 is 6.20. The molecule has 6 nitrogen and oxygen atoms in total. The zero-order chi connectivity index (χ0) is 18.1. The van der Waals surface area contributed by atoms with Crippen LogP contribution in [0.5, 0.6) is 0 Å². The van der Waals surface area contributed by atoms with Gasteiger partial charge < -0.3 is 10.0 Å². The van der Waals surface area contributed by atoms with Crippen molar-refractivity contribution < 1.29 is 9.90 Å². The zero-order valence-corrected chi connectivity index (χ0v) is 14.7. The number of hydrogen-bond donors (Lipinski definition) is 1. The predicted octanol–water partition coefficient (Wildman–Crippen LogP) is 3.61. The van der Waals surface area contributed by atoms with Crippen molar-refractivity contribution in [1.29, 1.82) is 0 Å². The van der Waals surface area contributed by atoms with Crippen LogP contribution in [0.2, 0.25) is 5.02 Å². The lowest BCUT2D eigenvalue weighted by atomic mass is 9.99. The standard InChI is InChI=1S/C19H17ClN4O2/c20-15-8-4-5-9-16(15)24-21-17(19(25)26)18(22-24)23-11-10-14(12-23)13-6-2-1-3-7-13/h1-9,14H,10-12H2,(H,25,26)/t14-/m1/s1. The SMILES string of the molecule is O=C(O)c1nn(-c2ccccc2Cl)nc1N1CC[C@@H](c2ccccc2)C1. The highest BCUT2D eigenvalue weighted by Crippen LogP contribution is 2.31. The van der Waals surface area contributed by atoms with Gasteiger partial charge in [0.2, 0.25) is 5.69 Å². The summed E-state index contributed by atoms with van der Waals surface area (Å²) in [7, 11) is 0. The molecule has 1 aliphatic rings. The van der Waals surface area contributed by atoms with E-state index in [1.807, 2.05) is 29.2 Å². The Bertz CT molecular complexity index is 942. The molecule has 0 radical (unpaired) electrons. The third-order valence-corrected chi connectivity index (χ3v) is 4.94. The molecule has 0 amide bonds. The first-order valence-electron chi connectivity index (χ1n) is 8.39. The van der Waals surface area contributed by atoms with Crippen molar-refractivity contribution in [2.75, 3.05) is 18.0 Å². The molecule has 0 saturated carbocycles. The number of aromatic nitrogens is 3. The molecule has 1 aromatic heterocycles. The molecule has 1 saturated heterocycles. The summed E-state index contributed by atoms with van der Waals surface area (Å²) in [5, 5.41) is 18.6. The number of hydrogen-bond acceptors (Lipinski definition) is 4. The second-order valence-corrected chi connectivity index (χ2v) is 6.67. The molecule has 0 unspecified atom stereocenters. The monoisotopic (exact) mass is 368 g/mol. The van der Waals surface area contributed by atoms with Crippen LogP contribution in [0, 0.1) is 0 Å². The molecule has 2 aromatic carbocycles. The Labute approximate surface area is 155 Å². The Balaban J connectivity index is 1.66. The largest absolute Gasteiger partial charge is 0.476 e. The average Bonchev–Trinajstić information content (AvgIpc) is 3.30. The second-order valence-electron chi connectivity index (χ2n) is 6.26. The number of halogens is 1. The van der Waals surface area contributed by atoms with Gasteiger partial charge in [-0.15, -0.1) is 15.0 Å². The average molecular weight is 369 g/mol. The van der Waals surface area contributed by atoms with Gasteiger partial charge in [0.05, 0.1) is 5.02 Å². The van der Waals surface area contributed by atoms with Crippen LogP contribution < -0.4 is 4.90 Å². The number of aromatic carboxylic acids is 1. The summed E-state index contributed by atoms with van der Waals surface area (Å²) in [4.78, 5) is 15.0. The lowest BCUT2D eigenvalue weighted by Gasteiger charge is -2.16. The minimum atomic E-state index is -1.10. The molecule has 132 valence electrons. The molecule has 1 atom stereocenters. The molecule has 7 heteroatoms. The highest BCUT2D eigenvalue weighted by molar-refractivity contribution is 6.32. The van der Waals surface area contributed by atoms with E-state index in [0.29, 0.717) is 29.0 Å². The summed E-state index contributed by atoms with van der Waals surface area (Å²) in [5.41, 5.74) is 1.76. The lowest BCUT2D eigenvalue weighted by Crippen LogP contribution is -2.22. The van der Waals surface area contributed by atoms with Gasteiger partial charge in [-0.25, -0.2) is 4.79 Å². The van der Waals surface area contributed by atoms with Crippen molar-refractivity contribution in [3.8, 4) is 5.69 Å². The zero-order valence-electron chi connectivity index (χ0n) is 13.9. The third-order valence-electron chi connectivity index (χ3n) is 4.63. The van der Waals surface area contributed by atoms with Crippen LogP contribution in [0.25, 0.3) is 5.69 Å². The molecule has 26 heavy (non-hydrogen) atoms. The van der Waals surface area contributed by atoms with E-state index >= 15 is 0 Å². The Kier molecular flexibility index (Phi) is 4.34. The van der Waals surface area contributed by atoms with Gasteiger partial charge in [0.15, 0.2) is 5.82 Å². The summed E-state index contributed by atoms with van der Waals surface area (Å²) in [6.07, 6.45) is 0.946. The first-order valence-corrected chi connectivity index (χ1v) is 8.76. The van der Waals surface area contributed by atoms with Crippen molar-refractivity contribution in [3.05, 3.63) is 70.9 Å². The van der Waals surface area contributed by atoms with Crippen LogP contribution in [-0.4, -0.2) is 39.2 Å². The van der Waals surface area contributed by atoms with Gasteiger partial charge in [0, 0.05) is 19.0 Å². The van der Waals surface area contributed by atoms with E-state index in [9.17, 15) is 9.90 Å². The number of para-hydroxylation sites is 1. The van der Waals surface area contributed by atoms with E-state index in [-0.39, 0.29) is 5.69 Å². The molecule has 1 N–H and O–H groups in total. The highest BCUT2D eigenvalue weighted by Gasteiger charge is 2.30. The van der Waals surface area contributed by atoms with Gasteiger partial charge in [-0.2, -0.15) is 0 Å². The van der Waals surface area contributed by atoms with Gasteiger partial charge >= 0.3 is 5.97 Å². The van der Waals surface area contributed by atoms with E-state index in [4.69, 9.17) is 11.6 Å². The highest BCUT2D eigenvalue weighted by atomic mass is 35.5. The van der Waals surface area contributed by atoms with Gasteiger partial charge in [-0.1, -0.05) is 54.1 Å². The number of nitrogens with zero attached hydrogens (tertiary/aromatic N) is 4. The summed E-state index contributed by atoms with van der Waals surface area (Å²) in [6.45, 7) is 1.45. The van der Waals surface area contributed by atoms with Crippen LogP contribution in [0.1, 0.15) is 28.4 Å². The number of carboxylic acids is 1. The maximum Gasteiger partial charge on any atom is 0.360 e. The number of rotatable bonds is 4. The van der Waals surface area contributed by atoms with Gasteiger partial charge in [-0.3, -0.25) is 0 Å². The quantitative estimate of drug-likeness (QED) is 0.761. The molecule has 0 bridgehead atoms. The van der Waals surface area contributed by atoms with Gasteiger partial charge in [0.25, 0.3) is 0 Å². The van der Waals surface area contributed by atoms with Crippen LogP contribution in [-0.2, 0) is 0 Å². The molecule has 2 heterocycles. The Morgan fingerprint density at radius 3 is 2.54 bits per heavy atom. The molecule has 1 fully saturated rings. The van der Waals surface area contributed by atoms with Crippen molar-refractivity contribution in [2.45, 2.75) is 12.3 Å². The lowest BCUT2D eigenvalue weighted by molar-refractivity contribution is 0.0690. The number of benzene rings is 2. The van der Waals surface area contributed by atoms with E-state index in [0.717, 1.165) is 13.0 Å². The minimum absolute atomic E-state index is 0.0568. The van der Waals surface area contributed by atoms with Crippen molar-refractivity contribution in [1.82, 2.24) is 15.0 Å². The normalized spacial score (nSPS) is 16.8. The molecular weight excluding hydrogens is 352 g/mol. The minimum Gasteiger partial charge on any atom is -0.476 e. The summed E-state index contributed by atoms with van der Waals surface area (Å²) < 4.78 is 0. The van der Waals surface area contributed by atoms with E-state index in [1.165, 1.54) is 10.4 Å². The number of carbonyl (C=O) groups is 1. The smallest absolute Gasteiger partial charge is 0.360 e. The van der Waals surface area contributed by atoms with Crippen LogP contribution in [0.3, 0.4) is 0 Å². The molecule has 0 spiro atoms. The Morgan fingerprint density at radius 1 is 1.08 bits per heavy atom. The molecule has 0 aliphatic carbocycles. The Hall–Kier alpha value is -2.86. The maximum absolute atomic E-state index is 11.7. The summed E-state index contributed by atoms with van der Waals surface area (Å²) in [6, 6.07) is 17.3. The second kappa shape index (κ2) is 6.80. The number of carboxylic acid groups (broad SMARTS) is 1. The maximum atomic E-state index is 11.7. The van der Waals surface area contributed by atoms with Crippen molar-refractivity contribution >= 4 is 23.4 Å².